The lowest BCUT2D eigenvalue weighted by atomic mass is 10.1. The van der Waals surface area contributed by atoms with Crippen LogP contribution in [0.4, 0.5) is 4.39 Å². The number of hydrogen-bond acceptors (Lipinski definition) is 2. The molecule has 1 aromatic carbocycles. The molecule has 0 aliphatic rings. The maximum absolute atomic E-state index is 13.1. The van der Waals surface area contributed by atoms with Gasteiger partial charge in [0.1, 0.15) is 5.82 Å². The van der Waals surface area contributed by atoms with Gasteiger partial charge in [0.25, 0.3) is 5.91 Å². The normalized spacial score (nSPS) is 12.6. The molecule has 0 saturated heterocycles. The lowest BCUT2D eigenvalue weighted by Gasteiger charge is -2.09. The summed E-state index contributed by atoms with van der Waals surface area (Å²) < 4.78 is 13.9. The number of rotatable bonds is 5. The van der Waals surface area contributed by atoms with Gasteiger partial charge in [-0.3, -0.25) is 4.79 Å². The van der Waals surface area contributed by atoms with Gasteiger partial charge in [-0.05, 0) is 35.9 Å². The predicted octanol–water partition coefficient (Wildman–Crippen LogP) is 4.19. The molecule has 1 aromatic heterocycles. The number of carbonyl (C=O) groups excluding carboxylic acids is 1. The zero-order valence-corrected chi connectivity index (χ0v) is 13.0. The van der Waals surface area contributed by atoms with Crippen LogP contribution in [0.2, 0.25) is 0 Å². The molecule has 102 valence electrons. The second-order valence-corrected chi connectivity index (χ2v) is 6.46. The topological polar surface area (TPSA) is 29.1 Å². The van der Waals surface area contributed by atoms with Crippen molar-refractivity contribution in [3.05, 3.63) is 35.0 Å². The van der Waals surface area contributed by atoms with E-state index in [0.29, 0.717) is 17.3 Å². The fraction of sp³-hybridized carbons (Fsp3) is 0.357. The van der Waals surface area contributed by atoms with E-state index in [4.69, 9.17) is 0 Å². The Labute approximate surface area is 124 Å². The van der Waals surface area contributed by atoms with E-state index in [1.165, 1.54) is 23.5 Å². The van der Waals surface area contributed by atoms with Gasteiger partial charge >= 0.3 is 0 Å². The fourth-order valence-corrected chi connectivity index (χ4v) is 3.54. The minimum absolute atomic E-state index is 0.0805. The highest BCUT2D eigenvalue weighted by Crippen LogP contribution is 2.26. The molecule has 5 heteroatoms. The first-order valence-electron chi connectivity index (χ1n) is 6.13. The summed E-state index contributed by atoms with van der Waals surface area (Å²) >= 11 is 4.71. The fourth-order valence-electron chi connectivity index (χ4n) is 1.76. The Kier molecular flexibility index (Phi) is 4.93. The molecule has 0 aliphatic heterocycles. The van der Waals surface area contributed by atoms with E-state index in [2.05, 4.69) is 28.2 Å². The van der Waals surface area contributed by atoms with E-state index >= 15 is 0 Å². The molecule has 1 unspecified atom stereocenters. The number of fused-ring (bicyclic) bond motifs is 1. The summed E-state index contributed by atoms with van der Waals surface area (Å²) in [6.07, 6.45) is 1.03. The van der Waals surface area contributed by atoms with Crippen LogP contribution >= 0.6 is 27.3 Å². The van der Waals surface area contributed by atoms with Gasteiger partial charge in [-0.1, -0.05) is 28.9 Å². The molecule has 1 amide bonds. The summed E-state index contributed by atoms with van der Waals surface area (Å²) in [6, 6.07) is 6.38. The highest BCUT2D eigenvalue weighted by atomic mass is 79.9. The molecular formula is C14H15BrFNOS. The summed E-state index contributed by atoms with van der Waals surface area (Å²) in [5.41, 5.74) is 0. The van der Waals surface area contributed by atoms with Crippen LogP contribution in [0.3, 0.4) is 0 Å². The minimum Gasteiger partial charge on any atom is -0.351 e. The Morgan fingerprint density at radius 3 is 3.00 bits per heavy atom. The third-order valence-corrected chi connectivity index (χ3v) is 4.47. The SMILES string of the molecule is CC(CCBr)CNC(=O)c1cc2ccc(F)cc2s1. The number of amides is 1. The van der Waals surface area contributed by atoms with Gasteiger partial charge in [-0.15, -0.1) is 11.3 Å². The highest BCUT2D eigenvalue weighted by Gasteiger charge is 2.11. The number of thiophene rings is 1. The van der Waals surface area contributed by atoms with E-state index in [9.17, 15) is 9.18 Å². The van der Waals surface area contributed by atoms with Crippen LogP contribution in [0.1, 0.15) is 23.0 Å². The first kappa shape index (κ1) is 14.5. The van der Waals surface area contributed by atoms with Crippen molar-refractivity contribution in [2.75, 3.05) is 11.9 Å². The second-order valence-electron chi connectivity index (χ2n) is 4.59. The third kappa shape index (κ3) is 3.76. The lowest BCUT2D eigenvalue weighted by molar-refractivity contribution is 0.0952. The molecule has 1 atom stereocenters. The Morgan fingerprint density at radius 2 is 2.26 bits per heavy atom. The predicted molar refractivity (Wildman–Crippen MR) is 81.7 cm³/mol. The van der Waals surface area contributed by atoms with Crippen LogP contribution in [-0.4, -0.2) is 17.8 Å². The first-order valence-corrected chi connectivity index (χ1v) is 8.07. The maximum Gasteiger partial charge on any atom is 0.261 e. The van der Waals surface area contributed by atoms with Gasteiger partial charge in [0.15, 0.2) is 0 Å². The number of carbonyl (C=O) groups is 1. The summed E-state index contributed by atoms with van der Waals surface area (Å²) in [6.45, 7) is 2.76. The van der Waals surface area contributed by atoms with Gasteiger partial charge in [0, 0.05) is 16.6 Å². The lowest BCUT2D eigenvalue weighted by Crippen LogP contribution is -2.27. The molecule has 2 rings (SSSR count). The van der Waals surface area contributed by atoms with E-state index in [-0.39, 0.29) is 11.7 Å². The van der Waals surface area contributed by atoms with Crippen molar-refractivity contribution in [2.24, 2.45) is 5.92 Å². The highest BCUT2D eigenvalue weighted by molar-refractivity contribution is 9.09. The van der Waals surface area contributed by atoms with Crippen LogP contribution in [0.5, 0.6) is 0 Å². The van der Waals surface area contributed by atoms with E-state index in [0.717, 1.165) is 21.8 Å². The molecule has 19 heavy (non-hydrogen) atoms. The van der Waals surface area contributed by atoms with Crippen LogP contribution in [0.25, 0.3) is 10.1 Å². The summed E-state index contributed by atoms with van der Waals surface area (Å²) in [5.74, 6) is 0.0884. The molecule has 0 bridgehead atoms. The third-order valence-electron chi connectivity index (χ3n) is 2.92. The molecule has 1 N–H and O–H groups in total. The Balaban J connectivity index is 2.05. The van der Waals surface area contributed by atoms with Crippen LogP contribution in [-0.2, 0) is 0 Å². The van der Waals surface area contributed by atoms with Crippen molar-refractivity contribution in [1.82, 2.24) is 5.32 Å². The maximum atomic E-state index is 13.1. The summed E-state index contributed by atoms with van der Waals surface area (Å²) in [4.78, 5) is 12.6. The standard InChI is InChI=1S/C14H15BrFNOS/c1-9(4-5-15)8-17-14(18)13-6-10-2-3-11(16)7-12(10)19-13/h2-3,6-7,9H,4-5,8H2,1H3,(H,17,18). The molecule has 0 spiro atoms. The summed E-state index contributed by atoms with van der Waals surface area (Å²) in [5, 5.41) is 4.76. The molecule has 1 heterocycles. The average molecular weight is 344 g/mol. The molecule has 0 saturated carbocycles. The van der Waals surface area contributed by atoms with Gasteiger partial charge in [-0.2, -0.15) is 0 Å². The molecule has 2 nitrogen and oxygen atoms in total. The van der Waals surface area contributed by atoms with Crippen molar-refractivity contribution in [2.45, 2.75) is 13.3 Å². The van der Waals surface area contributed by atoms with Crippen LogP contribution < -0.4 is 5.32 Å². The van der Waals surface area contributed by atoms with Gasteiger partial charge in [-0.25, -0.2) is 4.39 Å². The monoisotopic (exact) mass is 343 g/mol. The minimum atomic E-state index is -0.271. The van der Waals surface area contributed by atoms with Crippen molar-refractivity contribution in [3.8, 4) is 0 Å². The average Bonchev–Trinajstić information content (AvgIpc) is 2.79. The van der Waals surface area contributed by atoms with Crippen LogP contribution in [0.15, 0.2) is 24.3 Å². The van der Waals surface area contributed by atoms with Gasteiger partial charge in [0.2, 0.25) is 0 Å². The summed E-state index contributed by atoms with van der Waals surface area (Å²) in [7, 11) is 0. The molecule has 0 aliphatic carbocycles. The van der Waals surface area contributed by atoms with Crippen molar-refractivity contribution in [3.63, 3.8) is 0 Å². The largest absolute Gasteiger partial charge is 0.351 e. The van der Waals surface area contributed by atoms with E-state index in [1.54, 1.807) is 6.07 Å². The number of alkyl halides is 1. The molecular weight excluding hydrogens is 329 g/mol. The number of benzene rings is 1. The molecule has 2 aromatic rings. The Bertz CT molecular complexity index is 584. The molecule has 0 fully saturated rings. The van der Waals surface area contributed by atoms with Gasteiger partial charge in [0.05, 0.1) is 4.88 Å². The van der Waals surface area contributed by atoms with E-state index in [1.807, 2.05) is 6.07 Å². The zero-order valence-electron chi connectivity index (χ0n) is 10.6. The van der Waals surface area contributed by atoms with Crippen molar-refractivity contribution < 1.29 is 9.18 Å². The van der Waals surface area contributed by atoms with Crippen molar-refractivity contribution in [1.29, 1.82) is 0 Å². The van der Waals surface area contributed by atoms with Gasteiger partial charge < -0.3 is 5.32 Å². The molecule has 0 radical (unpaired) electrons. The quantitative estimate of drug-likeness (QED) is 0.810. The first-order chi connectivity index (χ1) is 9.10. The smallest absolute Gasteiger partial charge is 0.261 e. The van der Waals surface area contributed by atoms with Crippen molar-refractivity contribution >= 4 is 43.3 Å². The van der Waals surface area contributed by atoms with E-state index < -0.39 is 0 Å². The Morgan fingerprint density at radius 1 is 1.47 bits per heavy atom. The number of nitrogens with one attached hydrogen (secondary N) is 1. The number of hydrogen-bond donors (Lipinski definition) is 1. The second kappa shape index (κ2) is 6.48. The Hall–Kier alpha value is -0.940. The number of halogens is 2. The zero-order chi connectivity index (χ0) is 13.8. The van der Waals surface area contributed by atoms with Crippen LogP contribution in [0, 0.1) is 11.7 Å².